The molecule has 5 heteroatoms. The second-order valence-electron chi connectivity index (χ2n) is 5.19. The molecule has 0 spiro atoms. The zero-order valence-corrected chi connectivity index (χ0v) is 9.98. The molecule has 0 bridgehead atoms. The number of nitrogens with one attached hydrogen (secondary N) is 2. The van der Waals surface area contributed by atoms with Crippen LogP contribution in [0.2, 0.25) is 0 Å². The Morgan fingerprint density at radius 2 is 2.18 bits per heavy atom. The topological polar surface area (TPSA) is 41.1 Å². The average molecular weight is 246 g/mol. The molecule has 3 nitrogen and oxygen atoms in total. The summed E-state index contributed by atoms with van der Waals surface area (Å²) >= 11 is 0. The molecular weight excluding hydrogens is 226 g/mol. The van der Waals surface area contributed by atoms with Gasteiger partial charge in [-0.2, -0.15) is 0 Å². The van der Waals surface area contributed by atoms with Crippen LogP contribution < -0.4 is 10.6 Å². The lowest BCUT2D eigenvalue weighted by Gasteiger charge is -2.28. The van der Waals surface area contributed by atoms with Gasteiger partial charge in [-0.05, 0) is 32.2 Å². The van der Waals surface area contributed by atoms with Crippen LogP contribution in [0.5, 0.6) is 0 Å². The monoisotopic (exact) mass is 246 g/mol. The number of alkyl halides is 2. The first-order valence-corrected chi connectivity index (χ1v) is 6.46. The van der Waals surface area contributed by atoms with Crippen LogP contribution in [0.4, 0.5) is 8.78 Å². The molecule has 1 saturated heterocycles. The number of rotatable bonds is 3. The fraction of sp³-hybridized carbons (Fsp3) is 0.917. The lowest BCUT2D eigenvalue weighted by Crippen LogP contribution is -2.42. The van der Waals surface area contributed by atoms with Gasteiger partial charge in [-0.25, -0.2) is 8.78 Å². The van der Waals surface area contributed by atoms with Gasteiger partial charge in [0.15, 0.2) is 0 Å². The summed E-state index contributed by atoms with van der Waals surface area (Å²) in [4.78, 5) is 11.8. The number of amides is 1. The Bertz CT molecular complexity index is 278. The highest BCUT2D eigenvalue weighted by Gasteiger charge is 2.39. The quantitative estimate of drug-likeness (QED) is 0.795. The molecule has 0 radical (unpaired) electrons. The number of carbonyl (C=O) groups excluding carboxylic acids is 1. The molecule has 2 fully saturated rings. The number of hydrogen-bond acceptors (Lipinski definition) is 2. The molecule has 98 valence electrons. The molecule has 1 amide bonds. The SMILES string of the molecule is O=C(NCC1CCCN1)C1CCCC(F)(F)C1. The van der Waals surface area contributed by atoms with E-state index in [9.17, 15) is 13.6 Å². The Hall–Kier alpha value is -0.710. The summed E-state index contributed by atoms with van der Waals surface area (Å²) in [6.07, 6.45) is 2.88. The normalized spacial score (nSPS) is 32.4. The smallest absolute Gasteiger partial charge is 0.248 e. The van der Waals surface area contributed by atoms with E-state index in [1.165, 1.54) is 0 Å². The van der Waals surface area contributed by atoms with Crippen LogP contribution in [0, 0.1) is 5.92 Å². The van der Waals surface area contributed by atoms with Crippen LogP contribution >= 0.6 is 0 Å². The van der Waals surface area contributed by atoms with E-state index >= 15 is 0 Å². The minimum Gasteiger partial charge on any atom is -0.354 e. The molecule has 2 rings (SSSR count). The molecular formula is C12H20F2N2O. The summed E-state index contributed by atoms with van der Waals surface area (Å²) in [6.45, 7) is 1.56. The Labute approximate surface area is 100 Å². The fourth-order valence-electron chi connectivity index (χ4n) is 2.69. The Morgan fingerprint density at radius 3 is 2.82 bits per heavy atom. The van der Waals surface area contributed by atoms with Gasteiger partial charge < -0.3 is 10.6 Å². The summed E-state index contributed by atoms with van der Waals surface area (Å²) in [5.74, 6) is -3.34. The average Bonchev–Trinajstić information content (AvgIpc) is 2.77. The Kier molecular flexibility index (Phi) is 3.97. The molecule has 1 heterocycles. The molecule has 2 N–H and O–H groups in total. The zero-order chi connectivity index (χ0) is 12.3. The largest absolute Gasteiger partial charge is 0.354 e. The van der Waals surface area contributed by atoms with Crippen molar-refractivity contribution < 1.29 is 13.6 Å². The van der Waals surface area contributed by atoms with Crippen LogP contribution in [0.3, 0.4) is 0 Å². The van der Waals surface area contributed by atoms with Gasteiger partial charge >= 0.3 is 0 Å². The van der Waals surface area contributed by atoms with Crippen molar-refractivity contribution in [3.05, 3.63) is 0 Å². The predicted octanol–water partition coefficient (Wildman–Crippen LogP) is 1.68. The second kappa shape index (κ2) is 5.29. The maximum absolute atomic E-state index is 13.2. The maximum Gasteiger partial charge on any atom is 0.248 e. The molecule has 2 aliphatic rings. The van der Waals surface area contributed by atoms with Crippen molar-refractivity contribution >= 4 is 5.91 Å². The Balaban J connectivity index is 1.75. The van der Waals surface area contributed by atoms with Gasteiger partial charge in [0.2, 0.25) is 11.8 Å². The van der Waals surface area contributed by atoms with Gasteiger partial charge in [0.1, 0.15) is 0 Å². The van der Waals surface area contributed by atoms with Gasteiger partial charge in [-0.3, -0.25) is 4.79 Å². The summed E-state index contributed by atoms with van der Waals surface area (Å²) in [5.41, 5.74) is 0. The molecule has 2 atom stereocenters. The Morgan fingerprint density at radius 1 is 1.35 bits per heavy atom. The van der Waals surface area contributed by atoms with Crippen molar-refractivity contribution in [3.8, 4) is 0 Å². The lowest BCUT2D eigenvalue weighted by atomic mass is 9.86. The van der Waals surface area contributed by atoms with Gasteiger partial charge in [0.05, 0.1) is 0 Å². The molecule has 0 aromatic heterocycles. The molecule has 1 aliphatic heterocycles. The van der Waals surface area contributed by atoms with Crippen molar-refractivity contribution in [1.29, 1.82) is 0 Å². The van der Waals surface area contributed by atoms with Crippen LogP contribution in [-0.4, -0.2) is 31.0 Å². The van der Waals surface area contributed by atoms with E-state index in [0.717, 1.165) is 19.4 Å². The maximum atomic E-state index is 13.2. The number of carbonyl (C=O) groups is 1. The van der Waals surface area contributed by atoms with Gasteiger partial charge in [-0.15, -0.1) is 0 Å². The summed E-state index contributed by atoms with van der Waals surface area (Å²) < 4.78 is 26.3. The van der Waals surface area contributed by atoms with Crippen molar-refractivity contribution in [3.63, 3.8) is 0 Å². The van der Waals surface area contributed by atoms with Crippen LogP contribution in [0.15, 0.2) is 0 Å². The fourth-order valence-corrected chi connectivity index (χ4v) is 2.69. The molecule has 1 saturated carbocycles. The molecule has 17 heavy (non-hydrogen) atoms. The van der Waals surface area contributed by atoms with Crippen LogP contribution in [-0.2, 0) is 4.79 Å². The molecule has 2 unspecified atom stereocenters. The van der Waals surface area contributed by atoms with E-state index in [0.29, 0.717) is 25.4 Å². The van der Waals surface area contributed by atoms with E-state index < -0.39 is 11.8 Å². The van der Waals surface area contributed by atoms with Crippen molar-refractivity contribution in [2.75, 3.05) is 13.1 Å². The highest BCUT2D eigenvalue weighted by molar-refractivity contribution is 5.78. The lowest BCUT2D eigenvalue weighted by molar-refractivity contribution is -0.132. The summed E-state index contributed by atoms with van der Waals surface area (Å²) in [6, 6.07) is 0.322. The van der Waals surface area contributed by atoms with E-state index in [1.807, 2.05) is 0 Å². The standard InChI is InChI=1S/C12H20F2N2O/c13-12(14)5-1-3-9(7-12)11(17)16-8-10-4-2-6-15-10/h9-10,15H,1-8H2,(H,16,17). The molecule has 1 aliphatic carbocycles. The first kappa shape index (κ1) is 12.7. The minimum absolute atomic E-state index is 0.0685. The van der Waals surface area contributed by atoms with Crippen molar-refractivity contribution in [2.24, 2.45) is 5.92 Å². The summed E-state index contributed by atoms with van der Waals surface area (Å²) in [7, 11) is 0. The van der Waals surface area contributed by atoms with Gasteiger partial charge in [0.25, 0.3) is 0 Å². The van der Waals surface area contributed by atoms with E-state index in [-0.39, 0.29) is 18.7 Å². The first-order chi connectivity index (χ1) is 8.07. The molecule has 0 aromatic rings. The summed E-state index contributed by atoms with van der Waals surface area (Å²) in [5, 5.41) is 6.07. The van der Waals surface area contributed by atoms with Crippen molar-refractivity contribution in [2.45, 2.75) is 50.5 Å². The van der Waals surface area contributed by atoms with E-state index in [2.05, 4.69) is 10.6 Å². The third-order valence-corrected chi connectivity index (χ3v) is 3.70. The first-order valence-electron chi connectivity index (χ1n) is 6.46. The van der Waals surface area contributed by atoms with E-state index in [1.54, 1.807) is 0 Å². The third-order valence-electron chi connectivity index (χ3n) is 3.70. The number of hydrogen-bond donors (Lipinski definition) is 2. The highest BCUT2D eigenvalue weighted by Crippen LogP contribution is 2.36. The van der Waals surface area contributed by atoms with Gasteiger partial charge in [-0.1, -0.05) is 0 Å². The van der Waals surface area contributed by atoms with Gasteiger partial charge in [0, 0.05) is 31.3 Å². The van der Waals surface area contributed by atoms with Crippen molar-refractivity contribution in [1.82, 2.24) is 10.6 Å². The minimum atomic E-state index is -2.65. The highest BCUT2D eigenvalue weighted by atomic mass is 19.3. The van der Waals surface area contributed by atoms with Crippen LogP contribution in [0.25, 0.3) is 0 Å². The third kappa shape index (κ3) is 3.63. The second-order valence-corrected chi connectivity index (χ2v) is 5.19. The zero-order valence-electron chi connectivity index (χ0n) is 9.98. The molecule has 0 aromatic carbocycles. The van der Waals surface area contributed by atoms with E-state index in [4.69, 9.17) is 0 Å². The predicted molar refractivity (Wildman–Crippen MR) is 60.9 cm³/mol. The van der Waals surface area contributed by atoms with Crippen LogP contribution in [0.1, 0.15) is 38.5 Å². The number of halogens is 2.